The summed E-state index contributed by atoms with van der Waals surface area (Å²) in [5.41, 5.74) is 0.921. The molecule has 3 rings (SSSR count). The number of anilines is 1. The number of hydrogen-bond donors (Lipinski definition) is 2. The number of nitrogens with zero attached hydrogens (tertiary/aromatic N) is 5. The summed E-state index contributed by atoms with van der Waals surface area (Å²) in [6.45, 7) is 7.04. The Balaban J connectivity index is 1.63. The minimum Gasteiger partial charge on any atom is -0.382 e. The van der Waals surface area contributed by atoms with Gasteiger partial charge in [0.15, 0.2) is 11.8 Å². The number of para-hydroxylation sites is 1. The number of aromatic nitrogens is 3. The molecule has 2 N–H and O–H groups in total. The number of hydrogen-bond acceptors (Lipinski definition) is 5. The summed E-state index contributed by atoms with van der Waals surface area (Å²) >= 11 is 0. The number of carbonyl (C=O) groups is 1. The number of nitrogens with one attached hydrogen (secondary N) is 2. The lowest BCUT2D eigenvalue weighted by atomic mass is 10.2. The van der Waals surface area contributed by atoms with Crippen molar-refractivity contribution in [3.05, 3.63) is 42.0 Å². The van der Waals surface area contributed by atoms with Crippen molar-refractivity contribution >= 4 is 17.6 Å². The van der Waals surface area contributed by atoms with Gasteiger partial charge in [-0.1, -0.05) is 18.2 Å². The molecule has 0 radical (unpaired) electrons. The van der Waals surface area contributed by atoms with Crippen molar-refractivity contribution < 1.29 is 9.53 Å². The molecule has 30 heavy (non-hydrogen) atoms. The summed E-state index contributed by atoms with van der Waals surface area (Å²) < 4.78 is 7.32. The number of rotatable bonds is 9. The Kier molecular flexibility index (Phi) is 7.78. The Morgan fingerprint density at radius 2 is 2.10 bits per heavy atom. The second kappa shape index (κ2) is 10.7. The van der Waals surface area contributed by atoms with Crippen LogP contribution >= 0.6 is 0 Å². The summed E-state index contributed by atoms with van der Waals surface area (Å²) in [4.78, 5) is 19.0. The van der Waals surface area contributed by atoms with Crippen LogP contribution in [0.4, 0.5) is 5.69 Å². The van der Waals surface area contributed by atoms with E-state index in [1.165, 1.54) is 0 Å². The second-order valence-corrected chi connectivity index (χ2v) is 7.25. The van der Waals surface area contributed by atoms with Gasteiger partial charge in [0.05, 0.1) is 6.04 Å². The van der Waals surface area contributed by atoms with Crippen LogP contribution in [-0.2, 0) is 23.1 Å². The van der Waals surface area contributed by atoms with Gasteiger partial charge in [0.25, 0.3) is 0 Å². The molecule has 1 unspecified atom stereocenters. The van der Waals surface area contributed by atoms with Gasteiger partial charge in [-0.15, -0.1) is 10.2 Å². The van der Waals surface area contributed by atoms with Crippen LogP contribution in [0.2, 0.25) is 0 Å². The second-order valence-electron chi connectivity index (χ2n) is 7.25. The zero-order chi connectivity index (χ0) is 21.3. The number of aliphatic imine (C=N–C) groups is 1. The van der Waals surface area contributed by atoms with Crippen LogP contribution in [0, 0.1) is 6.92 Å². The van der Waals surface area contributed by atoms with Gasteiger partial charge in [0.1, 0.15) is 12.4 Å². The van der Waals surface area contributed by atoms with E-state index in [4.69, 9.17) is 4.74 Å². The van der Waals surface area contributed by atoms with E-state index >= 15 is 0 Å². The Bertz CT molecular complexity index is 850. The van der Waals surface area contributed by atoms with Crippen molar-refractivity contribution in [2.24, 2.45) is 12.0 Å². The fourth-order valence-electron chi connectivity index (χ4n) is 3.27. The maximum Gasteiger partial charge on any atom is 0.229 e. The van der Waals surface area contributed by atoms with Crippen LogP contribution in [0.3, 0.4) is 0 Å². The zero-order valence-electron chi connectivity index (χ0n) is 18.0. The molecule has 0 bridgehead atoms. The number of guanidine groups is 1. The normalized spacial score (nSPS) is 16.9. The molecular weight excluding hydrogens is 382 g/mol. The molecule has 162 valence electrons. The molecule has 0 spiro atoms. The van der Waals surface area contributed by atoms with Gasteiger partial charge in [-0.05, 0) is 32.4 Å². The van der Waals surface area contributed by atoms with Gasteiger partial charge in [-0.2, -0.15) is 0 Å². The number of amides is 1. The van der Waals surface area contributed by atoms with Crippen LogP contribution in [0.15, 0.2) is 35.3 Å². The van der Waals surface area contributed by atoms with Gasteiger partial charge >= 0.3 is 0 Å². The number of ether oxygens (including phenoxy) is 1. The van der Waals surface area contributed by atoms with Crippen molar-refractivity contribution in [1.82, 2.24) is 25.4 Å². The zero-order valence-corrected chi connectivity index (χ0v) is 18.0. The predicted molar refractivity (Wildman–Crippen MR) is 116 cm³/mol. The number of aryl methyl sites for hydroxylation is 1. The van der Waals surface area contributed by atoms with Gasteiger partial charge in [-0.25, -0.2) is 4.99 Å². The molecule has 2 heterocycles. The third kappa shape index (κ3) is 5.79. The lowest BCUT2D eigenvalue weighted by Gasteiger charge is -2.19. The molecule has 0 saturated carbocycles. The molecule has 9 heteroatoms. The fraction of sp³-hybridized carbons (Fsp3) is 0.524. The summed E-state index contributed by atoms with van der Waals surface area (Å²) in [6, 6.07) is 9.73. The Hall–Kier alpha value is -2.94. The van der Waals surface area contributed by atoms with E-state index in [1.54, 1.807) is 0 Å². The van der Waals surface area contributed by atoms with Gasteiger partial charge in [0, 0.05) is 45.5 Å². The molecule has 9 nitrogen and oxygen atoms in total. The third-order valence-electron chi connectivity index (χ3n) is 5.06. The summed E-state index contributed by atoms with van der Waals surface area (Å²) in [6.07, 6.45) is 1.30. The average Bonchev–Trinajstić information content (AvgIpc) is 3.28. The first-order valence-electron chi connectivity index (χ1n) is 10.4. The molecule has 1 aliphatic heterocycles. The average molecular weight is 414 g/mol. The van der Waals surface area contributed by atoms with Crippen LogP contribution in [0.5, 0.6) is 0 Å². The lowest BCUT2D eigenvalue weighted by molar-refractivity contribution is -0.117. The van der Waals surface area contributed by atoms with E-state index in [9.17, 15) is 4.79 Å². The lowest BCUT2D eigenvalue weighted by Crippen LogP contribution is -2.45. The molecule has 1 atom stereocenters. The summed E-state index contributed by atoms with van der Waals surface area (Å²) in [7, 11) is 1.93. The minimum atomic E-state index is -0.0166. The van der Waals surface area contributed by atoms with Crippen molar-refractivity contribution in [3.8, 4) is 0 Å². The Morgan fingerprint density at radius 3 is 2.80 bits per heavy atom. The maximum absolute atomic E-state index is 12.5. The summed E-state index contributed by atoms with van der Waals surface area (Å²) in [5.74, 6) is 2.41. The van der Waals surface area contributed by atoms with Crippen LogP contribution < -0.4 is 15.5 Å². The first-order valence-corrected chi connectivity index (χ1v) is 10.4. The van der Waals surface area contributed by atoms with Crippen molar-refractivity contribution in [1.29, 1.82) is 0 Å². The van der Waals surface area contributed by atoms with E-state index in [1.807, 2.05) is 60.7 Å². The molecule has 2 aromatic rings. The summed E-state index contributed by atoms with van der Waals surface area (Å²) in [5, 5.41) is 15.0. The standard InChI is InChI=1S/C21H31N7O2/c1-4-30-12-8-11-22-21(23-14-19-26-25-16(2)27(19)3)24-17-13-20(29)28(15-17)18-9-6-5-7-10-18/h5-7,9-10,17H,4,8,11-15H2,1-3H3,(H2,22,23,24). The molecule has 0 aliphatic carbocycles. The Labute approximate surface area is 177 Å². The fourth-order valence-corrected chi connectivity index (χ4v) is 3.27. The highest BCUT2D eigenvalue weighted by Gasteiger charge is 2.31. The molecule has 1 amide bonds. The highest BCUT2D eigenvalue weighted by molar-refractivity contribution is 5.97. The van der Waals surface area contributed by atoms with E-state index in [-0.39, 0.29) is 11.9 Å². The quantitative estimate of drug-likeness (QED) is 0.366. The van der Waals surface area contributed by atoms with E-state index in [0.717, 1.165) is 30.3 Å². The molecule has 1 fully saturated rings. The van der Waals surface area contributed by atoms with Gasteiger partial charge in [0.2, 0.25) is 5.91 Å². The maximum atomic E-state index is 12.5. The Morgan fingerprint density at radius 1 is 1.30 bits per heavy atom. The van der Waals surface area contributed by atoms with Crippen molar-refractivity contribution in [3.63, 3.8) is 0 Å². The van der Waals surface area contributed by atoms with Gasteiger partial charge in [-0.3, -0.25) is 4.79 Å². The van der Waals surface area contributed by atoms with Crippen LogP contribution in [0.25, 0.3) is 0 Å². The predicted octanol–water partition coefficient (Wildman–Crippen LogP) is 1.39. The van der Waals surface area contributed by atoms with Gasteiger partial charge < -0.3 is 24.8 Å². The van der Waals surface area contributed by atoms with Crippen molar-refractivity contribution in [2.45, 2.75) is 39.3 Å². The number of benzene rings is 1. The van der Waals surface area contributed by atoms with Crippen LogP contribution in [0.1, 0.15) is 31.4 Å². The molecule has 1 aliphatic rings. The molecule has 1 aromatic heterocycles. The first-order chi connectivity index (χ1) is 14.6. The molecule has 1 aromatic carbocycles. The topological polar surface area (TPSA) is 96.7 Å². The van der Waals surface area contributed by atoms with E-state index < -0.39 is 0 Å². The monoisotopic (exact) mass is 413 g/mol. The highest BCUT2D eigenvalue weighted by Crippen LogP contribution is 2.20. The van der Waals surface area contributed by atoms with E-state index in [2.05, 4.69) is 25.8 Å². The highest BCUT2D eigenvalue weighted by atomic mass is 16.5. The first kappa shape index (κ1) is 21.8. The smallest absolute Gasteiger partial charge is 0.229 e. The van der Waals surface area contributed by atoms with Crippen molar-refractivity contribution in [2.75, 3.05) is 31.2 Å². The van der Waals surface area contributed by atoms with E-state index in [0.29, 0.717) is 38.7 Å². The SMILES string of the molecule is CCOCCCNC(=NCc1nnc(C)n1C)NC1CC(=O)N(c2ccccc2)C1. The minimum absolute atomic E-state index is 0.0166. The molecule has 1 saturated heterocycles. The largest absolute Gasteiger partial charge is 0.382 e. The third-order valence-corrected chi connectivity index (χ3v) is 5.06. The number of carbonyl (C=O) groups excluding carboxylic acids is 1. The van der Waals surface area contributed by atoms with Crippen LogP contribution in [-0.4, -0.2) is 59.0 Å². The molecular formula is C21H31N7O2.